The Hall–Kier alpha value is -1.47. The first-order valence-corrected chi connectivity index (χ1v) is 6.84. The topological polar surface area (TPSA) is 75.5 Å². The van der Waals surface area contributed by atoms with Gasteiger partial charge in [0.2, 0.25) is 0 Å². The summed E-state index contributed by atoms with van der Waals surface area (Å²) in [4.78, 5) is 24.4. The second-order valence-electron chi connectivity index (χ2n) is 5.29. The molecule has 0 radical (unpaired) electrons. The van der Waals surface area contributed by atoms with E-state index in [-0.39, 0.29) is 27.2 Å². The third-order valence-corrected chi connectivity index (χ3v) is 4.15. The number of likely N-dealkylation sites (N-methyl/N-ethyl adjacent to an activating group) is 1. The fourth-order valence-corrected chi connectivity index (χ4v) is 1.98. The molecule has 0 aliphatic heterocycles. The van der Waals surface area contributed by atoms with Crippen molar-refractivity contribution in [1.29, 1.82) is 0 Å². The van der Waals surface area contributed by atoms with E-state index in [1.54, 1.807) is 6.07 Å². The highest BCUT2D eigenvalue weighted by Crippen LogP contribution is 2.28. The molecule has 0 heterocycles. The van der Waals surface area contributed by atoms with Gasteiger partial charge in [0.15, 0.2) is 0 Å². The van der Waals surface area contributed by atoms with E-state index in [1.165, 1.54) is 12.1 Å². The molecule has 0 unspecified atom stereocenters. The lowest BCUT2D eigenvalue weighted by molar-refractivity contribution is -0.385. The highest BCUT2D eigenvalue weighted by Gasteiger charge is 2.23. The highest BCUT2D eigenvalue weighted by atomic mass is 79.9. The van der Waals surface area contributed by atoms with Crippen LogP contribution < -0.4 is 5.32 Å². The molecule has 110 valence electrons. The number of carbonyl (C=O) groups is 1. The summed E-state index contributed by atoms with van der Waals surface area (Å²) in [7, 11) is 3.85. The Morgan fingerprint density at radius 3 is 2.55 bits per heavy atom. The summed E-state index contributed by atoms with van der Waals surface area (Å²) in [5, 5.41) is 13.6. The minimum absolute atomic E-state index is 0.121. The van der Waals surface area contributed by atoms with Crippen LogP contribution in [0.15, 0.2) is 22.7 Å². The first-order valence-electron chi connectivity index (χ1n) is 6.05. The van der Waals surface area contributed by atoms with Crippen molar-refractivity contribution < 1.29 is 9.72 Å². The average Bonchev–Trinajstić information content (AvgIpc) is 2.35. The Labute approximate surface area is 126 Å². The van der Waals surface area contributed by atoms with Gasteiger partial charge in [-0.05, 0) is 49.9 Å². The second kappa shape index (κ2) is 6.32. The molecule has 20 heavy (non-hydrogen) atoms. The van der Waals surface area contributed by atoms with Crippen LogP contribution in [-0.2, 0) is 0 Å². The largest absolute Gasteiger partial charge is 0.350 e. The molecule has 0 fully saturated rings. The maximum Gasteiger partial charge on any atom is 0.284 e. The van der Waals surface area contributed by atoms with Crippen molar-refractivity contribution in [3.8, 4) is 0 Å². The summed E-state index contributed by atoms with van der Waals surface area (Å²) in [5.41, 5.74) is -0.0682. The Kier molecular flexibility index (Phi) is 5.24. The van der Waals surface area contributed by atoms with Crippen molar-refractivity contribution in [2.24, 2.45) is 0 Å². The molecule has 0 aliphatic rings. The van der Waals surface area contributed by atoms with Crippen LogP contribution in [0.5, 0.6) is 0 Å². The van der Waals surface area contributed by atoms with Gasteiger partial charge in [-0.3, -0.25) is 14.9 Å². The van der Waals surface area contributed by atoms with E-state index in [0.717, 1.165) is 0 Å². The molecular formula is C13H18BrN3O3. The maximum absolute atomic E-state index is 12.1. The van der Waals surface area contributed by atoms with Gasteiger partial charge in [-0.25, -0.2) is 0 Å². The van der Waals surface area contributed by atoms with Gasteiger partial charge in [0.1, 0.15) is 4.47 Å². The fraction of sp³-hybridized carbons (Fsp3) is 0.462. The van der Waals surface area contributed by atoms with Crippen molar-refractivity contribution in [2.45, 2.75) is 19.4 Å². The zero-order valence-corrected chi connectivity index (χ0v) is 13.5. The van der Waals surface area contributed by atoms with Gasteiger partial charge in [0.25, 0.3) is 11.6 Å². The van der Waals surface area contributed by atoms with Gasteiger partial charge in [-0.2, -0.15) is 0 Å². The average molecular weight is 344 g/mol. The molecular weight excluding hydrogens is 326 g/mol. The van der Waals surface area contributed by atoms with E-state index >= 15 is 0 Å². The SMILES string of the molecule is CN(C)C(C)(C)CNC(=O)c1cccc([N+](=O)[O-])c1Br. The normalized spacial score (nSPS) is 11.5. The van der Waals surface area contributed by atoms with Crippen LogP contribution in [0, 0.1) is 10.1 Å². The molecule has 0 saturated heterocycles. The van der Waals surface area contributed by atoms with Gasteiger partial charge in [-0.15, -0.1) is 0 Å². The molecule has 0 atom stereocenters. The Morgan fingerprint density at radius 2 is 2.05 bits per heavy atom. The summed E-state index contributed by atoms with van der Waals surface area (Å²) in [5.74, 6) is -0.337. The molecule has 1 N–H and O–H groups in total. The number of hydrogen-bond donors (Lipinski definition) is 1. The van der Waals surface area contributed by atoms with Crippen molar-refractivity contribution in [1.82, 2.24) is 10.2 Å². The van der Waals surface area contributed by atoms with E-state index in [2.05, 4.69) is 21.2 Å². The number of nitrogens with one attached hydrogen (secondary N) is 1. The summed E-state index contributed by atoms with van der Waals surface area (Å²) >= 11 is 3.12. The molecule has 1 aromatic rings. The lowest BCUT2D eigenvalue weighted by atomic mass is 10.0. The smallest absolute Gasteiger partial charge is 0.284 e. The second-order valence-corrected chi connectivity index (χ2v) is 6.08. The minimum atomic E-state index is -0.523. The van der Waals surface area contributed by atoms with Crippen LogP contribution in [0.4, 0.5) is 5.69 Å². The Balaban J connectivity index is 2.89. The number of halogens is 1. The van der Waals surface area contributed by atoms with Crippen LogP contribution in [0.25, 0.3) is 0 Å². The van der Waals surface area contributed by atoms with E-state index in [0.29, 0.717) is 6.54 Å². The molecule has 0 aliphatic carbocycles. The van der Waals surface area contributed by atoms with E-state index < -0.39 is 4.92 Å². The monoisotopic (exact) mass is 343 g/mol. The number of nitro groups is 1. The van der Waals surface area contributed by atoms with Gasteiger partial charge >= 0.3 is 0 Å². The lowest BCUT2D eigenvalue weighted by Crippen LogP contribution is -2.48. The first kappa shape index (κ1) is 16.6. The predicted molar refractivity (Wildman–Crippen MR) is 80.9 cm³/mol. The van der Waals surface area contributed by atoms with Crippen LogP contribution >= 0.6 is 15.9 Å². The number of amides is 1. The molecule has 0 aromatic heterocycles. The summed E-state index contributed by atoms with van der Waals surface area (Å²) < 4.78 is 0.199. The molecule has 0 spiro atoms. The minimum Gasteiger partial charge on any atom is -0.350 e. The summed E-state index contributed by atoms with van der Waals surface area (Å²) in [6.07, 6.45) is 0. The maximum atomic E-state index is 12.1. The predicted octanol–water partition coefficient (Wildman–Crippen LogP) is 2.43. The fourth-order valence-electron chi connectivity index (χ4n) is 1.39. The zero-order valence-electron chi connectivity index (χ0n) is 11.9. The number of carbonyl (C=O) groups excluding carboxylic acids is 1. The van der Waals surface area contributed by atoms with E-state index in [9.17, 15) is 14.9 Å². The molecule has 1 aromatic carbocycles. The molecule has 1 amide bonds. The summed E-state index contributed by atoms with van der Waals surface area (Å²) in [6.45, 7) is 4.43. The number of nitrogens with zero attached hydrogens (tertiary/aromatic N) is 2. The van der Waals surface area contributed by atoms with Gasteiger partial charge in [0, 0.05) is 18.2 Å². The van der Waals surface area contributed by atoms with E-state index in [1.807, 2.05) is 32.8 Å². The Bertz CT molecular complexity index is 530. The number of benzene rings is 1. The molecule has 0 saturated carbocycles. The van der Waals surface area contributed by atoms with Crippen LogP contribution in [-0.4, -0.2) is 41.9 Å². The third-order valence-electron chi connectivity index (χ3n) is 3.31. The van der Waals surface area contributed by atoms with Crippen molar-refractivity contribution in [3.63, 3.8) is 0 Å². The Morgan fingerprint density at radius 1 is 1.45 bits per heavy atom. The van der Waals surface area contributed by atoms with Crippen molar-refractivity contribution >= 4 is 27.5 Å². The quantitative estimate of drug-likeness (QED) is 0.658. The van der Waals surface area contributed by atoms with Gasteiger partial charge < -0.3 is 10.2 Å². The molecule has 7 heteroatoms. The zero-order chi connectivity index (χ0) is 15.5. The molecule has 1 rings (SSSR count). The van der Waals surface area contributed by atoms with Crippen LogP contribution in [0.2, 0.25) is 0 Å². The number of hydrogen-bond acceptors (Lipinski definition) is 4. The van der Waals surface area contributed by atoms with Gasteiger partial charge in [-0.1, -0.05) is 6.07 Å². The lowest BCUT2D eigenvalue weighted by Gasteiger charge is -2.32. The number of rotatable bonds is 5. The van der Waals surface area contributed by atoms with Crippen molar-refractivity contribution in [3.05, 3.63) is 38.3 Å². The first-order chi connectivity index (χ1) is 9.16. The van der Waals surface area contributed by atoms with Crippen LogP contribution in [0.1, 0.15) is 24.2 Å². The highest BCUT2D eigenvalue weighted by molar-refractivity contribution is 9.10. The van der Waals surface area contributed by atoms with Crippen molar-refractivity contribution in [2.75, 3.05) is 20.6 Å². The van der Waals surface area contributed by atoms with Crippen LogP contribution in [0.3, 0.4) is 0 Å². The van der Waals surface area contributed by atoms with E-state index in [4.69, 9.17) is 0 Å². The van der Waals surface area contributed by atoms with Gasteiger partial charge in [0.05, 0.1) is 10.5 Å². The molecule has 0 bridgehead atoms. The standard InChI is InChI=1S/C13H18BrN3O3/c1-13(2,16(3)4)8-15-12(18)9-6-5-7-10(11(9)14)17(19)20/h5-7H,8H2,1-4H3,(H,15,18). The summed E-state index contributed by atoms with van der Waals surface area (Å²) in [6, 6.07) is 4.40. The third kappa shape index (κ3) is 3.77. The number of nitro benzene ring substituents is 1. The molecule has 6 nitrogen and oxygen atoms in total.